The molecule has 1 aromatic carbocycles. The minimum Gasteiger partial charge on any atom is -0.306 e. The van der Waals surface area contributed by atoms with E-state index in [1.165, 1.54) is 29.8 Å². The molecule has 1 fully saturated rings. The third-order valence-electron chi connectivity index (χ3n) is 4.52. The van der Waals surface area contributed by atoms with E-state index in [9.17, 15) is 27.7 Å². The van der Waals surface area contributed by atoms with Crippen LogP contribution in [0.5, 0.6) is 0 Å². The molecule has 1 aliphatic carbocycles. The predicted octanol–water partition coefficient (Wildman–Crippen LogP) is 4.83. The molecule has 0 aromatic heterocycles. The van der Waals surface area contributed by atoms with E-state index in [-0.39, 0.29) is 30.7 Å². The summed E-state index contributed by atoms with van der Waals surface area (Å²) >= 11 is 3.16. The molecule has 0 radical (unpaired) electrons. The van der Waals surface area contributed by atoms with Crippen LogP contribution < -0.4 is 5.54 Å². The van der Waals surface area contributed by atoms with E-state index in [1.54, 1.807) is 13.8 Å². The van der Waals surface area contributed by atoms with E-state index in [0.29, 0.717) is 9.37 Å². The van der Waals surface area contributed by atoms with Crippen LogP contribution in [0, 0.1) is 17.2 Å². The quantitative estimate of drug-likeness (QED) is 0.479. The van der Waals surface area contributed by atoms with Crippen LogP contribution in [0.3, 0.4) is 0 Å². The first-order chi connectivity index (χ1) is 12.6. The van der Waals surface area contributed by atoms with Crippen molar-refractivity contribution in [3.05, 3.63) is 34.3 Å². The van der Waals surface area contributed by atoms with Crippen molar-refractivity contribution in [3.63, 3.8) is 0 Å². The maximum absolute atomic E-state index is 14.0. The Bertz CT molecular complexity index is 711. The third-order valence-corrected chi connectivity index (χ3v) is 5.05. The summed E-state index contributed by atoms with van der Waals surface area (Å²) in [4.78, 5) is 13.5. The molecule has 148 valence electrons. The summed E-state index contributed by atoms with van der Waals surface area (Å²) in [6.07, 6.45) is -4.56. The Morgan fingerprint density at radius 2 is 1.89 bits per heavy atom. The van der Waals surface area contributed by atoms with Crippen molar-refractivity contribution in [3.8, 4) is 6.07 Å². The Hall–Kier alpha value is -1.66. The number of halogens is 5. The van der Waals surface area contributed by atoms with Crippen molar-refractivity contribution in [2.75, 3.05) is 0 Å². The van der Waals surface area contributed by atoms with Crippen LogP contribution >= 0.6 is 15.9 Å². The van der Waals surface area contributed by atoms with E-state index >= 15 is 0 Å². The van der Waals surface area contributed by atoms with Gasteiger partial charge in [0.1, 0.15) is 11.6 Å². The fourth-order valence-corrected chi connectivity index (χ4v) is 3.34. The second-order valence-corrected chi connectivity index (χ2v) is 8.05. The molecule has 0 bridgehead atoms. The lowest BCUT2D eigenvalue weighted by molar-refractivity contribution is -0.198. The van der Waals surface area contributed by atoms with E-state index < -0.39 is 29.7 Å². The molecular formula is C18H20BrF4N3O. The highest BCUT2D eigenvalue weighted by molar-refractivity contribution is 9.10. The zero-order chi connectivity index (χ0) is 20.4. The lowest BCUT2D eigenvalue weighted by Crippen LogP contribution is -2.54. The molecule has 1 aromatic rings. The van der Waals surface area contributed by atoms with Gasteiger partial charge in [0.25, 0.3) is 0 Å². The number of nitriles is 1. The van der Waals surface area contributed by atoms with Crippen LogP contribution in [-0.4, -0.2) is 28.6 Å². The summed E-state index contributed by atoms with van der Waals surface area (Å²) in [7, 11) is 0. The van der Waals surface area contributed by atoms with Crippen LogP contribution in [0.1, 0.15) is 44.7 Å². The normalized spacial score (nSPS) is 17.9. The van der Waals surface area contributed by atoms with E-state index in [4.69, 9.17) is 0 Å². The van der Waals surface area contributed by atoms with Crippen LogP contribution in [0.2, 0.25) is 0 Å². The Labute approximate surface area is 163 Å². The van der Waals surface area contributed by atoms with Crippen molar-refractivity contribution < 1.29 is 22.4 Å². The van der Waals surface area contributed by atoms with Crippen molar-refractivity contribution >= 4 is 21.8 Å². The van der Waals surface area contributed by atoms with Gasteiger partial charge in [-0.05, 0) is 42.9 Å². The van der Waals surface area contributed by atoms with E-state index in [2.05, 4.69) is 15.9 Å². The fourth-order valence-electron chi connectivity index (χ4n) is 3.07. The molecule has 1 amide bonds. The zero-order valence-corrected chi connectivity index (χ0v) is 16.4. The maximum atomic E-state index is 14.0. The lowest BCUT2D eigenvalue weighted by atomic mass is 9.97. The molecule has 2 rings (SSSR count). The highest BCUT2D eigenvalue weighted by Gasteiger charge is 2.60. The van der Waals surface area contributed by atoms with Gasteiger partial charge < -0.3 is 4.90 Å². The molecule has 1 N–H and O–H groups in total. The number of nitrogens with zero attached hydrogens (tertiary/aromatic N) is 2. The zero-order valence-electron chi connectivity index (χ0n) is 14.9. The monoisotopic (exact) mass is 449 g/mol. The van der Waals surface area contributed by atoms with Crippen LogP contribution in [0.25, 0.3) is 0 Å². The second kappa shape index (κ2) is 8.15. The van der Waals surface area contributed by atoms with Crippen molar-refractivity contribution in [1.82, 2.24) is 10.4 Å². The van der Waals surface area contributed by atoms with Crippen LogP contribution in [0.15, 0.2) is 28.7 Å². The second-order valence-electron chi connectivity index (χ2n) is 7.14. The summed E-state index contributed by atoms with van der Waals surface area (Å²) in [5.74, 6) is -1.19. The molecule has 0 heterocycles. The molecule has 0 saturated heterocycles. The van der Waals surface area contributed by atoms with Crippen molar-refractivity contribution in [2.24, 2.45) is 5.92 Å². The van der Waals surface area contributed by atoms with Gasteiger partial charge in [-0.25, -0.2) is 0 Å². The Balaban J connectivity index is 2.54. The average Bonchev–Trinajstić information content (AvgIpc) is 3.37. The first kappa shape index (κ1) is 21.6. The number of carbonyl (C=O) groups is 1. The standard InChI is InChI=1S/C18H20BrF4N3O/c1-11(2)9-14(25-23)16(27)26(17(10-24)7-8-17)15(18(20,21)22)12-3-5-13(19)6-4-12/h3-6,11,14-15,25H,7-9H2,1-2H3/t14-,15?/m0/s1. The van der Waals surface area contributed by atoms with Gasteiger partial charge in [-0.1, -0.05) is 41.9 Å². The first-order valence-corrected chi connectivity index (χ1v) is 9.28. The van der Waals surface area contributed by atoms with E-state index in [0.717, 1.165) is 0 Å². The number of amides is 1. The summed E-state index contributed by atoms with van der Waals surface area (Å²) in [5.41, 5.74) is -0.422. The van der Waals surface area contributed by atoms with Gasteiger partial charge in [-0.3, -0.25) is 4.79 Å². The van der Waals surface area contributed by atoms with Gasteiger partial charge in [0.05, 0.1) is 6.07 Å². The molecular weight excluding hydrogens is 430 g/mol. The maximum Gasteiger partial charge on any atom is 0.413 e. The molecule has 27 heavy (non-hydrogen) atoms. The minimum absolute atomic E-state index is 0.0122. The summed E-state index contributed by atoms with van der Waals surface area (Å²) in [6.45, 7) is 3.46. The molecule has 1 aliphatic rings. The summed E-state index contributed by atoms with van der Waals surface area (Å²) < 4.78 is 55.9. The Kier molecular flexibility index (Phi) is 6.53. The number of rotatable bonds is 7. The number of hydrogen-bond donors (Lipinski definition) is 1. The SMILES string of the molecule is CC(C)C[C@H](NF)C(=O)N(C(c1ccc(Br)cc1)C(F)(F)F)C1(C#N)CC1. The van der Waals surface area contributed by atoms with Crippen LogP contribution in [-0.2, 0) is 4.79 Å². The molecule has 1 unspecified atom stereocenters. The van der Waals surface area contributed by atoms with Crippen LogP contribution in [0.4, 0.5) is 17.7 Å². The molecule has 9 heteroatoms. The summed E-state index contributed by atoms with van der Waals surface area (Å²) in [6, 6.07) is 3.42. The summed E-state index contributed by atoms with van der Waals surface area (Å²) in [5, 5.41) is 9.48. The number of carbonyl (C=O) groups excluding carboxylic acids is 1. The highest BCUT2D eigenvalue weighted by atomic mass is 79.9. The molecule has 1 saturated carbocycles. The first-order valence-electron chi connectivity index (χ1n) is 8.48. The largest absolute Gasteiger partial charge is 0.413 e. The molecule has 0 spiro atoms. The molecule has 2 atom stereocenters. The van der Waals surface area contributed by atoms with Gasteiger partial charge in [-0.15, -0.1) is 10.0 Å². The number of nitrogens with one attached hydrogen (secondary N) is 1. The van der Waals surface area contributed by atoms with Gasteiger partial charge in [-0.2, -0.15) is 18.4 Å². The van der Waals surface area contributed by atoms with Gasteiger partial charge in [0, 0.05) is 4.47 Å². The third kappa shape index (κ3) is 4.79. The average molecular weight is 450 g/mol. The van der Waals surface area contributed by atoms with Crippen molar-refractivity contribution in [1.29, 1.82) is 5.26 Å². The molecule has 4 nitrogen and oxygen atoms in total. The van der Waals surface area contributed by atoms with Gasteiger partial charge >= 0.3 is 6.18 Å². The topological polar surface area (TPSA) is 56.1 Å². The number of hydrogen-bond acceptors (Lipinski definition) is 3. The highest BCUT2D eigenvalue weighted by Crippen LogP contribution is 2.50. The minimum atomic E-state index is -4.82. The lowest BCUT2D eigenvalue weighted by Gasteiger charge is -2.38. The molecule has 0 aliphatic heterocycles. The van der Waals surface area contributed by atoms with E-state index in [1.807, 2.05) is 6.07 Å². The van der Waals surface area contributed by atoms with Gasteiger partial charge in [0.2, 0.25) is 5.91 Å². The predicted molar refractivity (Wildman–Crippen MR) is 94.8 cm³/mol. The number of alkyl halides is 3. The Morgan fingerprint density at radius 1 is 1.33 bits per heavy atom. The van der Waals surface area contributed by atoms with Gasteiger partial charge in [0.15, 0.2) is 6.04 Å². The Morgan fingerprint density at radius 3 is 2.26 bits per heavy atom. The van der Waals surface area contributed by atoms with Crippen molar-refractivity contribution in [2.45, 2.75) is 56.9 Å². The fraction of sp³-hybridized carbons (Fsp3) is 0.556. The number of benzene rings is 1. The smallest absolute Gasteiger partial charge is 0.306 e.